The summed E-state index contributed by atoms with van der Waals surface area (Å²) in [5, 5.41) is 9.01. The van der Waals surface area contributed by atoms with Crippen molar-refractivity contribution in [2.24, 2.45) is 11.3 Å². The van der Waals surface area contributed by atoms with Crippen LogP contribution < -0.4 is 0 Å². The van der Waals surface area contributed by atoms with Gasteiger partial charge in [0.05, 0.1) is 0 Å². The van der Waals surface area contributed by atoms with Gasteiger partial charge < -0.3 is 5.11 Å². The molecule has 11 heavy (non-hydrogen) atoms. The number of thioether (sulfide) groups is 1. The Hall–Kier alpha value is 0.310. The fourth-order valence-electron chi connectivity index (χ4n) is 2.33. The second kappa shape index (κ2) is 2.98. The summed E-state index contributed by atoms with van der Waals surface area (Å²) in [6, 6.07) is 0. The van der Waals surface area contributed by atoms with Crippen molar-refractivity contribution in [1.82, 2.24) is 0 Å². The summed E-state index contributed by atoms with van der Waals surface area (Å²) in [5.74, 6) is 3.34. The van der Waals surface area contributed by atoms with Gasteiger partial charge in [-0.15, -0.1) is 0 Å². The first-order valence-electron chi connectivity index (χ1n) is 4.56. The van der Waals surface area contributed by atoms with Crippen LogP contribution in [0.25, 0.3) is 0 Å². The SMILES string of the molecule is OCC1CC12CCCSCC2. The van der Waals surface area contributed by atoms with E-state index in [-0.39, 0.29) is 0 Å². The van der Waals surface area contributed by atoms with Gasteiger partial charge in [-0.1, -0.05) is 0 Å². The summed E-state index contributed by atoms with van der Waals surface area (Å²) in [4.78, 5) is 0. The van der Waals surface area contributed by atoms with Crippen LogP contribution in [0.5, 0.6) is 0 Å². The molecule has 2 heteroatoms. The highest BCUT2D eigenvalue weighted by molar-refractivity contribution is 7.99. The fraction of sp³-hybridized carbons (Fsp3) is 1.00. The topological polar surface area (TPSA) is 20.2 Å². The van der Waals surface area contributed by atoms with Crippen LogP contribution in [0.3, 0.4) is 0 Å². The summed E-state index contributed by atoms with van der Waals surface area (Å²) in [7, 11) is 0. The van der Waals surface area contributed by atoms with Crippen LogP contribution in [0.15, 0.2) is 0 Å². The van der Waals surface area contributed by atoms with Crippen molar-refractivity contribution in [3.05, 3.63) is 0 Å². The van der Waals surface area contributed by atoms with Gasteiger partial charge in [0.1, 0.15) is 0 Å². The number of hydrogen-bond acceptors (Lipinski definition) is 2. The molecule has 0 radical (unpaired) electrons. The molecule has 1 saturated carbocycles. The van der Waals surface area contributed by atoms with E-state index in [9.17, 15) is 0 Å². The number of rotatable bonds is 1. The Kier molecular flexibility index (Phi) is 2.15. The highest BCUT2D eigenvalue weighted by Gasteiger charge is 2.52. The molecule has 2 rings (SSSR count). The van der Waals surface area contributed by atoms with E-state index >= 15 is 0 Å². The monoisotopic (exact) mass is 172 g/mol. The van der Waals surface area contributed by atoms with Crippen LogP contribution in [-0.4, -0.2) is 23.2 Å². The average Bonchev–Trinajstić information content (AvgIpc) is 2.76. The van der Waals surface area contributed by atoms with Gasteiger partial charge in [-0.3, -0.25) is 0 Å². The second-order valence-corrected chi connectivity index (χ2v) is 5.14. The Labute approximate surface area is 72.6 Å². The van der Waals surface area contributed by atoms with Crippen LogP contribution >= 0.6 is 11.8 Å². The molecule has 1 spiro atoms. The van der Waals surface area contributed by atoms with Gasteiger partial charge in [0, 0.05) is 6.61 Å². The second-order valence-electron chi connectivity index (χ2n) is 3.91. The first kappa shape index (κ1) is 7.93. The third-order valence-corrected chi connectivity index (χ3v) is 4.36. The maximum atomic E-state index is 9.01. The predicted octanol–water partition coefficient (Wildman–Crippen LogP) is 1.90. The minimum atomic E-state index is 0.435. The maximum Gasteiger partial charge on any atom is 0.0464 e. The van der Waals surface area contributed by atoms with Crippen molar-refractivity contribution in [2.45, 2.75) is 25.7 Å². The molecule has 1 saturated heterocycles. The average molecular weight is 172 g/mol. The van der Waals surface area contributed by atoms with Gasteiger partial charge in [-0.2, -0.15) is 11.8 Å². The third-order valence-electron chi connectivity index (χ3n) is 3.29. The first-order chi connectivity index (χ1) is 5.37. The molecule has 0 amide bonds. The predicted molar refractivity (Wildman–Crippen MR) is 48.8 cm³/mol. The number of aliphatic hydroxyl groups is 1. The lowest BCUT2D eigenvalue weighted by atomic mass is 9.95. The lowest BCUT2D eigenvalue weighted by molar-refractivity contribution is 0.242. The molecule has 64 valence electrons. The summed E-state index contributed by atoms with van der Waals surface area (Å²) >= 11 is 2.09. The summed E-state index contributed by atoms with van der Waals surface area (Å²) in [6.45, 7) is 0.435. The van der Waals surface area contributed by atoms with Crippen molar-refractivity contribution in [1.29, 1.82) is 0 Å². The Balaban J connectivity index is 1.92. The molecule has 0 aromatic heterocycles. The first-order valence-corrected chi connectivity index (χ1v) is 5.71. The molecule has 0 aromatic rings. The van der Waals surface area contributed by atoms with E-state index in [1.54, 1.807) is 0 Å². The summed E-state index contributed by atoms with van der Waals surface area (Å²) < 4.78 is 0. The lowest BCUT2D eigenvalue weighted by Crippen LogP contribution is -2.05. The van der Waals surface area contributed by atoms with Crippen LogP contribution in [0.4, 0.5) is 0 Å². The summed E-state index contributed by atoms with van der Waals surface area (Å²) in [6.07, 6.45) is 5.43. The molecule has 1 nitrogen and oxygen atoms in total. The largest absolute Gasteiger partial charge is 0.396 e. The number of hydrogen-bond donors (Lipinski definition) is 1. The van der Waals surface area contributed by atoms with E-state index in [1.165, 1.54) is 37.2 Å². The Morgan fingerprint density at radius 3 is 3.00 bits per heavy atom. The maximum absolute atomic E-state index is 9.01. The highest BCUT2D eigenvalue weighted by atomic mass is 32.2. The van der Waals surface area contributed by atoms with Crippen molar-refractivity contribution in [3.8, 4) is 0 Å². The minimum Gasteiger partial charge on any atom is -0.396 e. The molecule has 1 aliphatic carbocycles. The molecule has 2 atom stereocenters. The Morgan fingerprint density at radius 2 is 2.27 bits per heavy atom. The molecule has 1 N–H and O–H groups in total. The van der Waals surface area contributed by atoms with E-state index in [0.29, 0.717) is 17.9 Å². The zero-order valence-corrected chi connectivity index (χ0v) is 7.70. The zero-order valence-electron chi connectivity index (χ0n) is 6.88. The highest BCUT2D eigenvalue weighted by Crippen LogP contribution is 2.59. The normalized spacial score (nSPS) is 43.9. The van der Waals surface area contributed by atoms with Crippen LogP contribution in [-0.2, 0) is 0 Å². The van der Waals surface area contributed by atoms with Crippen molar-refractivity contribution in [2.75, 3.05) is 18.1 Å². The molecule has 2 unspecified atom stereocenters. The van der Waals surface area contributed by atoms with Crippen LogP contribution in [0, 0.1) is 11.3 Å². The van der Waals surface area contributed by atoms with E-state index in [0.717, 1.165) is 0 Å². The molecule has 0 bridgehead atoms. The Morgan fingerprint density at radius 1 is 1.36 bits per heavy atom. The van der Waals surface area contributed by atoms with E-state index in [2.05, 4.69) is 11.8 Å². The smallest absolute Gasteiger partial charge is 0.0464 e. The van der Waals surface area contributed by atoms with Gasteiger partial charge in [-0.05, 0) is 48.5 Å². The van der Waals surface area contributed by atoms with E-state index < -0.39 is 0 Å². The standard InChI is InChI=1S/C9H16OS/c10-7-8-6-9(8)2-1-4-11-5-3-9/h8,10H,1-7H2. The fourth-order valence-corrected chi connectivity index (χ4v) is 3.43. The van der Waals surface area contributed by atoms with E-state index in [1.807, 2.05) is 0 Å². The van der Waals surface area contributed by atoms with Gasteiger partial charge in [0.2, 0.25) is 0 Å². The molecular formula is C9H16OS. The molecule has 2 aliphatic rings. The van der Waals surface area contributed by atoms with Gasteiger partial charge >= 0.3 is 0 Å². The summed E-state index contributed by atoms with van der Waals surface area (Å²) in [5.41, 5.74) is 0.609. The molecule has 1 aliphatic heterocycles. The molecule has 2 fully saturated rings. The van der Waals surface area contributed by atoms with Gasteiger partial charge in [0.15, 0.2) is 0 Å². The van der Waals surface area contributed by atoms with Gasteiger partial charge in [-0.25, -0.2) is 0 Å². The van der Waals surface area contributed by atoms with Crippen LogP contribution in [0.2, 0.25) is 0 Å². The Bertz CT molecular complexity index is 138. The lowest BCUT2D eigenvalue weighted by Gasteiger charge is -2.11. The molecule has 1 heterocycles. The van der Waals surface area contributed by atoms with Crippen molar-refractivity contribution in [3.63, 3.8) is 0 Å². The molecule has 0 aromatic carbocycles. The third kappa shape index (κ3) is 1.43. The van der Waals surface area contributed by atoms with Crippen LogP contribution in [0.1, 0.15) is 25.7 Å². The van der Waals surface area contributed by atoms with Crippen molar-refractivity contribution >= 4 is 11.8 Å². The van der Waals surface area contributed by atoms with Crippen molar-refractivity contribution < 1.29 is 5.11 Å². The minimum absolute atomic E-state index is 0.435. The quantitative estimate of drug-likeness (QED) is 0.652. The molecular weight excluding hydrogens is 156 g/mol. The number of aliphatic hydroxyl groups excluding tert-OH is 1. The zero-order chi connectivity index (χ0) is 7.73. The van der Waals surface area contributed by atoms with E-state index in [4.69, 9.17) is 5.11 Å². The van der Waals surface area contributed by atoms with Gasteiger partial charge in [0.25, 0.3) is 0 Å².